The van der Waals surface area contributed by atoms with Crippen LogP contribution in [0.2, 0.25) is 0 Å². The smallest absolute Gasteiger partial charge is 0.239 e. The van der Waals surface area contributed by atoms with Gasteiger partial charge in [-0.05, 0) is 31.4 Å². The van der Waals surface area contributed by atoms with Crippen molar-refractivity contribution in [1.82, 2.24) is 15.1 Å². The quantitative estimate of drug-likeness (QED) is 0.682. The number of carbonyl (C=O) groups is 2. The molecule has 1 N–H and O–H groups in total. The van der Waals surface area contributed by atoms with Crippen molar-refractivity contribution in [1.29, 1.82) is 0 Å². The Labute approximate surface area is 174 Å². The second kappa shape index (κ2) is 11.0. The highest BCUT2D eigenvalue weighted by Gasteiger charge is 2.21. The number of para-hydroxylation sites is 2. The molecule has 2 saturated heterocycles. The summed E-state index contributed by atoms with van der Waals surface area (Å²) in [5, 5.41) is 2.96. The number of carbonyl (C=O) groups excluding carboxylic acids is 2. The van der Waals surface area contributed by atoms with Crippen LogP contribution in [0, 0.1) is 0 Å². The molecule has 1 aromatic rings. The Balaban J connectivity index is 1.37. The van der Waals surface area contributed by atoms with E-state index in [4.69, 9.17) is 4.74 Å². The lowest BCUT2D eigenvalue weighted by Gasteiger charge is -2.36. The van der Waals surface area contributed by atoms with E-state index in [9.17, 15) is 9.59 Å². The molecule has 0 spiro atoms. The van der Waals surface area contributed by atoms with Crippen LogP contribution >= 0.6 is 0 Å². The molecule has 160 valence electrons. The second-order valence-corrected chi connectivity index (χ2v) is 7.77. The zero-order valence-corrected chi connectivity index (χ0v) is 17.6. The molecule has 0 atom stereocenters. The lowest BCUT2D eigenvalue weighted by atomic mass is 10.1. The lowest BCUT2D eigenvalue weighted by molar-refractivity contribution is -0.137. The summed E-state index contributed by atoms with van der Waals surface area (Å²) in [6.45, 7) is 9.03. The molecule has 2 aliphatic rings. The Morgan fingerprint density at radius 3 is 2.66 bits per heavy atom. The Bertz CT molecular complexity index is 674. The molecule has 3 rings (SSSR count). The summed E-state index contributed by atoms with van der Waals surface area (Å²) in [4.78, 5) is 30.3. The molecule has 0 bridgehead atoms. The van der Waals surface area contributed by atoms with Crippen LogP contribution in [-0.4, -0.2) is 80.6 Å². The number of amides is 2. The summed E-state index contributed by atoms with van der Waals surface area (Å²) < 4.78 is 5.90. The third-order valence-electron chi connectivity index (χ3n) is 5.55. The van der Waals surface area contributed by atoms with Gasteiger partial charge in [0.1, 0.15) is 5.75 Å². The van der Waals surface area contributed by atoms with E-state index >= 15 is 0 Å². The fraction of sp³-hybridized carbons (Fsp3) is 0.636. The maximum Gasteiger partial charge on any atom is 0.239 e. The van der Waals surface area contributed by atoms with Crippen LogP contribution in [0.5, 0.6) is 5.75 Å². The van der Waals surface area contributed by atoms with E-state index in [1.165, 1.54) is 5.69 Å². The number of nitrogens with one attached hydrogen (secondary N) is 1. The van der Waals surface area contributed by atoms with Gasteiger partial charge in [-0.25, -0.2) is 0 Å². The predicted molar refractivity (Wildman–Crippen MR) is 114 cm³/mol. The number of benzene rings is 1. The van der Waals surface area contributed by atoms with Crippen molar-refractivity contribution in [2.24, 2.45) is 0 Å². The van der Waals surface area contributed by atoms with Gasteiger partial charge in [-0.3, -0.25) is 14.5 Å². The molecular formula is C22H34N4O3. The van der Waals surface area contributed by atoms with Crippen LogP contribution in [0.25, 0.3) is 0 Å². The van der Waals surface area contributed by atoms with Gasteiger partial charge in [0, 0.05) is 52.2 Å². The van der Waals surface area contributed by atoms with E-state index in [1.807, 2.05) is 12.1 Å². The number of rotatable bonds is 9. The van der Waals surface area contributed by atoms with Crippen molar-refractivity contribution in [2.75, 3.05) is 63.9 Å². The minimum atomic E-state index is -0.0547. The van der Waals surface area contributed by atoms with Crippen LogP contribution in [-0.2, 0) is 9.59 Å². The number of hydrogen-bond donors (Lipinski definition) is 1. The summed E-state index contributed by atoms with van der Waals surface area (Å²) in [5.74, 6) is 1.01. The summed E-state index contributed by atoms with van der Waals surface area (Å²) in [7, 11) is 0. The maximum absolute atomic E-state index is 12.1. The van der Waals surface area contributed by atoms with Crippen molar-refractivity contribution in [2.45, 2.75) is 32.6 Å². The van der Waals surface area contributed by atoms with E-state index in [1.54, 1.807) is 4.90 Å². The molecule has 1 aromatic carbocycles. The maximum atomic E-state index is 12.1. The van der Waals surface area contributed by atoms with Crippen molar-refractivity contribution in [3.63, 3.8) is 0 Å². The van der Waals surface area contributed by atoms with Gasteiger partial charge in [-0.2, -0.15) is 0 Å². The number of piperidine rings is 1. The lowest BCUT2D eigenvalue weighted by Crippen LogP contribution is -2.49. The molecule has 2 heterocycles. The summed E-state index contributed by atoms with van der Waals surface area (Å²) in [5.41, 5.74) is 1.17. The van der Waals surface area contributed by atoms with Gasteiger partial charge in [0.25, 0.3) is 0 Å². The molecule has 2 aliphatic heterocycles. The minimum absolute atomic E-state index is 0.0547. The van der Waals surface area contributed by atoms with Gasteiger partial charge in [-0.15, -0.1) is 0 Å². The highest BCUT2D eigenvalue weighted by atomic mass is 16.5. The molecule has 7 heteroatoms. The number of likely N-dealkylation sites (tertiary alicyclic amines) is 1. The van der Waals surface area contributed by atoms with Crippen molar-refractivity contribution in [3.05, 3.63) is 24.3 Å². The standard InChI is InChI=1S/C22H34N4O3/c1-2-17-29-20-8-4-3-7-19(20)25-15-13-24(14-16-25)12-10-23-21(27)18-26-11-6-5-9-22(26)28/h3-4,7-8H,2,5-6,9-18H2,1H3,(H,23,27). The number of ether oxygens (including phenoxy) is 1. The van der Waals surface area contributed by atoms with E-state index in [0.717, 1.165) is 64.3 Å². The Kier molecular flexibility index (Phi) is 8.16. The highest BCUT2D eigenvalue weighted by molar-refractivity contribution is 5.85. The molecule has 2 amide bonds. The van der Waals surface area contributed by atoms with Gasteiger partial charge in [0.2, 0.25) is 11.8 Å². The zero-order chi connectivity index (χ0) is 20.5. The van der Waals surface area contributed by atoms with Crippen LogP contribution in [0.15, 0.2) is 24.3 Å². The second-order valence-electron chi connectivity index (χ2n) is 7.77. The van der Waals surface area contributed by atoms with Crippen molar-refractivity contribution in [3.8, 4) is 5.75 Å². The fourth-order valence-corrected chi connectivity index (χ4v) is 3.88. The van der Waals surface area contributed by atoms with Gasteiger partial charge in [-0.1, -0.05) is 19.1 Å². The summed E-state index contributed by atoms with van der Waals surface area (Å²) in [6.07, 6.45) is 3.51. The van der Waals surface area contributed by atoms with Crippen LogP contribution in [0.4, 0.5) is 5.69 Å². The summed E-state index contributed by atoms with van der Waals surface area (Å²) in [6, 6.07) is 8.25. The van der Waals surface area contributed by atoms with Crippen LogP contribution in [0.3, 0.4) is 0 Å². The topological polar surface area (TPSA) is 65.1 Å². The molecule has 0 saturated carbocycles. The predicted octanol–water partition coefficient (Wildman–Crippen LogP) is 1.73. The molecule has 0 radical (unpaired) electrons. The van der Waals surface area contributed by atoms with Gasteiger partial charge in [0.15, 0.2) is 0 Å². The molecule has 0 unspecified atom stereocenters. The summed E-state index contributed by atoms with van der Waals surface area (Å²) >= 11 is 0. The number of anilines is 1. The SMILES string of the molecule is CCCOc1ccccc1N1CCN(CCNC(=O)CN2CCCCC2=O)CC1. The first-order valence-electron chi connectivity index (χ1n) is 10.9. The van der Waals surface area contributed by atoms with Crippen molar-refractivity contribution < 1.29 is 14.3 Å². The Hall–Kier alpha value is -2.28. The monoisotopic (exact) mass is 402 g/mol. The number of hydrogen-bond acceptors (Lipinski definition) is 5. The van der Waals surface area contributed by atoms with E-state index in [-0.39, 0.29) is 18.4 Å². The van der Waals surface area contributed by atoms with E-state index in [2.05, 4.69) is 34.2 Å². The minimum Gasteiger partial charge on any atom is -0.491 e. The average molecular weight is 403 g/mol. The fourth-order valence-electron chi connectivity index (χ4n) is 3.88. The molecule has 29 heavy (non-hydrogen) atoms. The van der Waals surface area contributed by atoms with Crippen LogP contribution < -0.4 is 15.0 Å². The third-order valence-corrected chi connectivity index (χ3v) is 5.55. The molecule has 2 fully saturated rings. The Morgan fingerprint density at radius 2 is 1.90 bits per heavy atom. The molecule has 0 aliphatic carbocycles. The first kappa shape index (κ1) is 21.4. The first-order valence-corrected chi connectivity index (χ1v) is 10.9. The highest BCUT2D eigenvalue weighted by Crippen LogP contribution is 2.28. The number of piperazine rings is 1. The van der Waals surface area contributed by atoms with E-state index < -0.39 is 0 Å². The van der Waals surface area contributed by atoms with Gasteiger partial charge < -0.3 is 19.9 Å². The molecule has 7 nitrogen and oxygen atoms in total. The Morgan fingerprint density at radius 1 is 1.10 bits per heavy atom. The largest absolute Gasteiger partial charge is 0.491 e. The average Bonchev–Trinajstić information content (AvgIpc) is 2.75. The normalized spacial score (nSPS) is 18.0. The van der Waals surface area contributed by atoms with Gasteiger partial charge in [0.05, 0.1) is 18.8 Å². The van der Waals surface area contributed by atoms with Crippen molar-refractivity contribution >= 4 is 17.5 Å². The number of nitrogens with zero attached hydrogens (tertiary/aromatic N) is 3. The third kappa shape index (κ3) is 6.35. The molecule has 0 aromatic heterocycles. The van der Waals surface area contributed by atoms with Gasteiger partial charge >= 0.3 is 0 Å². The first-order chi connectivity index (χ1) is 14.2. The zero-order valence-electron chi connectivity index (χ0n) is 17.6. The van der Waals surface area contributed by atoms with E-state index in [0.29, 0.717) is 19.5 Å². The molecular weight excluding hydrogens is 368 g/mol. The van der Waals surface area contributed by atoms with Crippen LogP contribution in [0.1, 0.15) is 32.6 Å².